The van der Waals surface area contributed by atoms with Gasteiger partial charge in [-0.3, -0.25) is 4.79 Å². The van der Waals surface area contributed by atoms with Crippen LogP contribution in [-0.2, 0) is 4.79 Å². The first-order valence-corrected chi connectivity index (χ1v) is 5.40. The van der Waals surface area contributed by atoms with E-state index < -0.39 is 0 Å². The minimum absolute atomic E-state index is 0.232. The summed E-state index contributed by atoms with van der Waals surface area (Å²) in [7, 11) is 0. The first-order valence-electron chi connectivity index (χ1n) is 3.87. The Bertz CT molecular complexity index is 126. The van der Waals surface area contributed by atoms with Gasteiger partial charge in [0.1, 0.15) is 0 Å². The van der Waals surface area contributed by atoms with Crippen LogP contribution in [0.1, 0.15) is 27.7 Å². The fraction of sp³-hybridized carbons (Fsp3) is 0.875. The molecule has 0 atom stereocenters. The molecule has 0 unspecified atom stereocenters. The van der Waals surface area contributed by atoms with Crippen molar-refractivity contribution >= 4 is 28.5 Å². The smallest absolute Gasteiger partial charge is 0.232 e. The monoisotopic (exact) mass is 269 g/mol. The molecule has 0 radical (unpaired) electrons. The van der Waals surface area contributed by atoms with Crippen LogP contribution in [0, 0.1) is 0 Å². The lowest BCUT2D eigenvalue weighted by molar-refractivity contribution is -0.131. The molecule has 0 bridgehead atoms. The van der Waals surface area contributed by atoms with Crippen molar-refractivity contribution in [1.29, 1.82) is 0 Å². The van der Waals surface area contributed by atoms with E-state index in [9.17, 15) is 4.79 Å². The van der Waals surface area contributed by atoms with Gasteiger partial charge in [0, 0.05) is 12.1 Å². The van der Waals surface area contributed by atoms with Crippen LogP contribution >= 0.6 is 22.6 Å². The molecular weight excluding hydrogens is 253 g/mol. The van der Waals surface area contributed by atoms with Gasteiger partial charge in [-0.2, -0.15) is 0 Å². The molecule has 0 fully saturated rings. The molecule has 11 heavy (non-hydrogen) atoms. The minimum Gasteiger partial charge on any atom is -0.337 e. The van der Waals surface area contributed by atoms with Gasteiger partial charge in [-0.25, -0.2) is 0 Å². The van der Waals surface area contributed by atoms with E-state index in [2.05, 4.69) is 22.6 Å². The summed E-state index contributed by atoms with van der Waals surface area (Å²) in [5.74, 6) is 0.232. The fourth-order valence-electron chi connectivity index (χ4n) is 1.24. The van der Waals surface area contributed by atoms with Crippen LogP contribution < -0.4 is 0 Å². The van der Waals surface area contributed by atoms with Crippen LogP contribution in [0.2, 0.25) is 0 Å². The van der Waals surface area contributed by atoms with Crippen LogP contribution in [-0.4, -0.2) is 27.3 Å². The van der Waals surface area contributed by atoms with Gasteiger partial charge in [0.25, 0.3) is 0 Å². The Morgan fingerprint density at radius 3 is 1.73 bits per heavy atom. The molecule has 0 aliphatic heterocycles. The quantitative estimate of drug-likeness (QED) is 0.567. The molecule has 1 amide bonds. The van der Waals surface area contributed by atoms with E-state index >= 15 is 0 Å². The van der Waals surface area contributed by atoms with Crippen molar-refractivity contribution in [3.05, 3.63) is 0 Å². The minimum atomic E-state index is 0.232. The van der Waals surface area contributed by atoms with Crippen molar-refractivity contribution in [3.63, 3.8) is 0 Å². The first kappa shape index (κ1) is 11.2. The van der Waals surface area contributed by atoms with Gasteiger partial charge < -0.3 is 4.90 Å². The average molecular weight is 269 g/mol. The van der Waals surface area contributed by atoms with E-state index in [1.165, 1.54) is 0 Å². The molecule has 0 saturated heterocycles. The fourth-order valence-corrected chi connectivity index (χ4v) is 1.64. The molecular formula is C8H16INO. The lowest BCUT2D eigenvalue weighted by Crippen LogP contribution is -2.42. The Balaban J connectivity index is 4.22. The van der Waals surface area contributed by atoms with Gasteiger partial charge in [0.05, 0.1) is 4.43 Å². The summed E-state index contributed by atoms with van der Waals surface area (Å²) < 4.78 is 0.577. The molecule has 0 heterocycles. The maximum absolute atomic E-state index is 11.3. The summed E-state index contributed by atoms with van der Waals surface area (Å²) in [6.45, 7) is 8.18. The lowest BCUT2D eigenvalue weighted by Gasteiger charge is -2.30. The lowest BCUT2D eigenvalue weighted by atomic mass is 10.2. The van der Waals surface area contributed by atoms with Crippen molar-refractivity contribution in [2.45, 2.75) is 39.8 Å². The normalized spacial score (nSPS) is 10.8. The Morgan fingerprint density at radius 1 is 1.27 bits per heavy atom. The van der Waals surface area contributed by atoms with Crippen molar-refractivity contribution < 1.29 is 4.79 Å². The number of nitrogens with zero attached hydrogens (tertiary/aromatic N) is 1. The van der Waals surface area contributed by atoms with Crippen molar-refractivity contribution in [2.75, 3.05) is 4.43 Å². The number of carbonyl (C=O) groups is 1. The zero-order valence-electron chi connectivity index (χ0n) is 7.60. The highest BCUT2D eigenvalue weighted by Gasteiger charge is 2.17. The molecule has 0 aromatic heterocycles. The summed E-state index contributed by atoms with van der Waals surface area (Å²) in [5.41, 5.74) is 0. The molecule has 0 aliphatic rings. The highest BCUT2D eigenvalue weighted by Crippen LogP contribution is 2.06. The molecule has 0 rings (SSSR count). The summed E-state index contributed by atoms with van der Waals surface area (Å²) >= 11 is 2.10. The first-order chi connectivity index (χ1) is 5.00. The second-order valence-corrected chi connectivity index (χ2v) is 3.88. The number of rotatable bonds is 3. The predicted octanol–water partition coefficient (Wildman–Crippen LogP) is 2.07. The molecule has 3 heteroatoms. The average Bonchev–Trinajstić information content (AvgIpc) is 1.85. The molecule has 0 spiro atoms. The third kappa shape index (κ3) is 3.40. The second kappa shape index (κ2) is 4.95. The van der Waals surface area contributed by atoms with Crippen molar-refractivity contribution in [1.82, 2.24) is 4.90 Å². The molecule has 2 nitrogen and oxygen atoms in total. The summed E-state index contributed by atoms with van der Waals surface area (Å²) in [4.78, 5) is 13.2. The van der Waals surface area contributed by atoms with Crippen LogP contribution in [0.3, 0.4) is 0 Å². The van der Waals surface area contributed by atoms with Crippen molar-refractivity contribution in [2.24, 2.45) is 0 Å². The largest absolute Gasteiger partial charge is 0.337 e. The summed E-state index contributed by atoms with van der Waals surface area (Å²) in [5, 5.41) is 0. The van der Waals surface area contributed by atoms with Gasteiger partial charge in [-0.15, -0.1) is 0 Å². The van der Waals surface area contributed by atoms with Gasteiger partial charge in [-0.05, 0) is 27.7 Å². The topological polar surface area (TPSA) is 20.3 Å². The van der Waals surface area contributed by atoms with Gasteiger partial charge in [0.2, 0.25) is 5.91 Å². The molecule has 0 aromatic rings. The van der Waals surface area contributed by atoms with Crippen LogP contribution in [0.5, 0.6) is 0 Å². The van der Waals surface area contributed by atoms with Gasteiger partial charge in [0.15, 0.2) is 0 Å². The molecule has 0 saturated carbocycles. The zero-order valence-corrected chi connectivity index (χ0v) is 9.75. The highest BCUT2D eigenvalue weighted by molar-refractivity contribution is 14.1. The molecule has 0 N–H and O–H groups in total. The number of hydrogen-bond donors (Lipinski definition) is 0. The Morgan fingerprint density at radius 2 is 1.64 bits per heavy atom. The van der Waals surface area contributed by atoms with Gasteiger partial charge in [-0.1, -0.05) is 22.6 Å². The highest BCUT2D eigenvalue weighted by atomic mass is 127. The Kier molecular flexibility index (Phi) is 5.04. The van der Waals surface area contributed by atoms with Crippen LogP contribution in [0.25, 0.3) is 0 Å². The Labute approximate surface area is 82.5 Å². The van der Waals surface area contributed by atoms with E-state index in [1.807, 2.05) is 32.6 Å². The third-order valence-corrected chi connectivity index (χ3v) is 2.17. The van der Waals surface area contributed by atoms with Crippen molar-refractivity contribution in [3.8, 4) is 0 Å². The maximum Gasteiger partial charge on any atom is 0.232 e. The van der Waals surface area contributed by atoms with E-state index in [4.69, 9.17) is 0 Å². The standard InChI is InChI=1S/C8H16INO/c1-6(2)10(7(3)4)8(11)5-9/h6-7H,5H2,1-4H3. The number of hydrogen-bond acceptors (Lipinski definition) is 1. The number of alkyl halides is 1. The number of amides is 1. The van der Waals surface area contributed by atoms with Gasteiger partial charge >= 0.3 is 0 Å². The summed E-state index contributed by atoms with van der Waals surface area (Å²) in [6, 6.07) is 0.634. The zero-order chi connectivity index (χ0) is 9.02. The van der Waals surface area contributed by atoms with E-state index in [-0.39, 0.29) is 5.91 Å². The van der Waals surface area contributed by atoms with E-state index in [0.717, 1.165) is 0 Å². The maximum atomic E-state index is 11.3. The van der Waals surface area contributed by atoms with E-state index in [1.54, 1.807) is 0 Å². The van der Waals surface area contributed by atoms with Crippen LogP contribution in [0.15, 0.2) is 0 Å². The molecule has 0 aromatic carbocycles. The summed E-state index contributed by atoms with van der Waals surface area (Å²) in [6.07, 6.45) is 0. The number of carbonyl (C=O) groups excluding carboxylic acids is 1. The van der Waals surface area contributed by atoms with Crippen LogP contribution in [0.4, 0.5) is 0 Å². The molecule has 66 valence electrons. The number of halogens is 1. The van der Waals surface area contributed by atoms with E-state index in [0.29, 0.717) is 16.5 Å². The Hall–Kier alpha value is 0.200. The SMILES string of the molecule is CC(C)N(C(=O)CI)C(C)C. The second-order valence-electron chi connectivity index (χ2n) is 3.12. The molecule has 0 aliphatic carbocycles. The predicted molar refractivity (Wildman–Crippen MR) is 56.0 cm³/mol. The third-order valence-electron chi connectivity index (χ3n) is 1.51.